The van der Waals surface area contributed by atoms with Crippen molar-refractivity contribution in [2.75, 3.05) is 26.2 Å². The summed E-state index contributed by atoms with van der Waals surface area (Å²) < 4.78 is 2.07. The summed E-state index contributed by atoms with van der Waals surface area (Å²) in [5.41, 5.74) is 1.12. The van der Waals surface area contributed by atoms with Crippen LogP contribution in [0.5, 0.6) is 0 Å². The largest absolute Gasteiger partial charge is 0.315 e. The summed E-state index contributed by atoms with van der Waals surface area (Å²) >= 11 is 0. The van der Waals surface area contributed by atoms with Gasteiger partial charge in [-0.1, -0.05) is 18.2 Å². The first-order valence-electron chi connectivity index (χ1n) is 6.81. The van der Waals surface area contributed by atoms with E-state index in [1.54, 1.807) is 6.33 Å². The predicted octanol–water partition coefficient (Wildman–Crippen LogP) is 1.06. The summed E-state index contributed by atoms with van der Waals surface area (Å²) in [5, 5.41) is 11.7. The van der Waals surface area contributed by atoms with Gasteiger partial charge in [-0.3, -0.25) is 9.47 Å². The van der Waals surface area contributed by atoms with Crippen molar-refractivity contribution in [1.82, 2.24) is 25.0 Å². The Hall–Kier alpha value is -1.72. The zero-order valence-electron chi connectivity index (χ0n) is 11.0. The Morgan fingerprint density at radius 3 is 2.89 bits per heavy atom. The molecule has 1 aliphatic heterocycles. The van der Waals surface area contributed by atoms with E-state index in [0.29, 0.717) is 0 Å². The fourth-order valence-corrected chi connectivity index (χ4v) is 2.43. The normalized spacial score (nSPS) is 17.3. The maximum atomic E-state index is 4.27. The zero-order chi connectivity index (χ0) is 12.9. The molecule has 19 heavy (non-hydrogen) atoms. The molecule has 0 spiro atoms. The molecule has 1 aliphatic rings. The van der Waals surface area contributed by atoms with Crippen LogP contribution in [0.4, 0.5) is 0 Å². The van der Waals surface area contributed by atoms with Crippen LogP contribution in [-0.2, 0) is 6.54 Å². The Kier molecular flexibility index (Phi) is 3.86. The van der Waals surface area contributed by atoms with Gasteiger partial charge < -0.3 is 5.32 Å². The minimum atomic E-state index is 0.858. The molecule has 2 heterocycles. The average Bonchev–Trinajstić information content (AvgIpc) is 2.75. The molecule has 0 radical (unpaired) electrons. The zero-order valence-corrected chi connectivity index (χ0v) is 11.0. The Labute approximate surface area is 113 Å². The summed E-state index contributed by atoms with van der Waals surface area (Å²) in [6.07, 6.45) is 2.99. The summed E-state index contributed by atoms with van der Waals surface area (Å²) in [7, 11) is 0. The molecule has 5 heteroatoms. The lowest BCUT2D eigenvalue weighted by atomic mass is 10.3. The highest BCUT2D eigenvalue weighted by Gasteiger charge is 2.13. The lowest BCUT2D eigenvalue weighted by molar-refractivity contribution is 0.275. The Morgan fingerprint density at radius 2 is 2.00 bits per heavy atom. The van der Waals surface area contributed by atoms with Crippen LogP contribution >= 0.6 is 0 Å². The van der Waals surface area contributed by atoms with Crippen LogP contribution in [0.3, 0.4) is 0 Å². The molecule has 1 fully saturated rings. The van der Waals surface area contributed by atoms with Gasteiger partial charge in [0.2, 0.25) is 0 Å². The van der Waals surface area contributed by atoms with Gasteiger partial charge in [-0.2, -0.15) is 0 Å². The molecule has 2 aromatic rings. The lowest BCUT2D eigenvalue weighted by Gasteiger charge is -2.19. The van der Waals surface area contributed by atoms with Crippen LogP contribution in [0.2, 0.25) is 0 Å². The maximum Gasteiger partial charge on any atom is 0.151 e. The van der Waals surface area contributed by atoms with E-state index in [0.717, 1.165) is 44.2 Å². The monoisotopic (exact) mass is 257 g/mol. The molecule has 1 N–H and O–H groups in total. The Bertz CT molecular complexity index is 500. The third-order valence-electron chi connectivity index (χ3n) is 3.45. The van der Waals surface area contributed by atoms with Gasteiger partial charge in [0.1, 0.15) is 6.33 Å². The van der Waals surface area contributed by atoms with Crippen molar-refractivity contribution in [1.29, 1.82) is 0 Å². The van der Waals surface area contributed by atoms with Gasteiger partial charge in [0.25, 0.3) is 0 Å². The highest BCUT2D eigenvalue weighted by Crippen LogP contribution is 2.11. The molecule has 5 nitrogen and oxygen atoms in total. The molecule has 1 aromatic heterocycles. The second-order valence-corrected chi connectivity index (χ2v) is 4.83. The van der Waals surface area contributed by atoms with E-state index in [2.05, 4.69) is 37.1 Å². The molecular formula is C14H19N5. The van der Waals surface area contributed by atoms with Crippen molar-refractivity contribution < 1.29 is 0 Å². The number of aromatic nitrogens is 3. The van der Waals surface area contributed by atoms with E-state index < -0.39 is 0 Å². The van der Waals surface area contributed by atoms with E-state index in [9.17, 15) is 0 Å². The van der Waals surface area contributed by atoms with Crippen LogP contribution in [0, 0.1) is 0 Å². The molecule has 0 amide bonds. The number of nitrogens with zero attached hydrogens (tertiary/aromatic N) is 4. The summed E-state index contributed by atoms with van der Waals surface area (Å²) in [6.45, 7) is 5.22. The molecular weight excluding hydrogens is 238 g/mol. The third-order valence-corrected chi connectivity index (χ3v) is 3.45. The maximum absolute atomic E-state index is 4.27. The molecule has 3 rings (SSSR count). The van der Waals surface area contributed by atoms with Gasteiger partial charge in [0, 0.05) is 18.8 Å². The van der Waals surface area contributed by atoms with Crippen molar-refractivity contribution >= 4 is 0 Å². The fourth-order valence-electron chi connectivity index (χ4n) is 2.43. The molecule has 0 bridgehead atoms. The van der Waals surface area contributed by atoms with Crippen molar-refractivity contribution in [2.45, 2.75) is 13.0 Å². The first-order valence-corrected chi connectivity index (χ1v) is 6.81. The first-order chi connectivity index (χ1) is 9.43. The van der Waals surface area contributed by atoms with Gasteiger partial charge in [-0.25, -0.2) is 0 Å². The van der Waals surface area contributed by atoms with Crippen LogP contribution in [0.1, 0.15) is 12.2 Å². The van der Waals surface area contributed by atoms with Crippen LogP contribution in [-0.4, -0.2) is 45.8 Å². The van der Waals surface area contributed by atoms with Crippen LogP contribution < -0.4 is 5.32 Å². The number of hydrogen-bond donors (Lipinski definition) is 1. The second kappa shape index (κ2) is 5.95. The van der Waals surface area contributed by atoms with Gasteiger partial charge in [0.05, 0.1) is 6.54 Å². The molecule has 1 saturated heterocycles. The smallest absolute Gasteiger partial charge is 0.151 e. The van der Waals surface area contributed by atoms with E-state index in [-0.39, 0.29) is 0 Å². The van der Waals surface area contributed by atoms with Gasteiger partial charge in [-0.15, -0.1) is 10.2 Å². The number of hydrogen-bond acceptors (Lipinski definition) is 4. The predicted molar refractivity (Wildman–Crippen MR) is 74.1 cm³/mol. The minimum Gasteiger partial charge on any atom is -0.315 e. The van der Waals surface area contributed by atoms with E-state index >= 15 is 0 Å². The number of benzene rings is 1. The van der Waals surface area contributed by atoms with Gasteiger partial charge in [-0.05, 0) is 31.6 Å². The third kappa shape index (κ3) is 3.00. The topological polar surface area (TPSA) is 46.0 Å². The van der Waals surface area contributed by atoms with Crippen LogP contribution in [0.15, 0.2) is 36.7 Å². The van der Waals surface area contributed by atoms with Crippen molar-refractivity contribution in [3.8, 4) is 5.69 Å². The molecule has 0 aliphatic carbocycles. The van der Waals surface area contributed by atoms with E-state index in [1.165, 1.54) is 6.42 Å². The summed E-state index contributed by atoms with van der Waals surface area (Å²) in [4.78, 5) is 2.43. The second-order valence-electron chi connectivity index (χ2n) is 4.83. The number of para-hydroxylation sites is 1. The van der Waals surface area contributed by atoms with E-state index in [4.69, 9.17) is 0 Å². The van der Waals surface area contributed by atoms with Crippen LogP contribution in [0.25, 0.3) is 5.69 Å². The number of rotatable bonds is 3. The van der Waals surface area contributed by atoms with Crippen molar-refractivity contribution in [3.63, 3.8) is 0 Å². The summed E-state index contributed by atoms with van der Waals surface area (Å²) in [5.74, 6) is 1.01. The quantitative estimate of drug-likeness (QED) is 0.893. The SMILES string of the molecule is c1ccc(-n2cnnc2CN2CCCNCC2)cc1. The first kappa shape index (κ1) is 12.3. The van der Waals surface area contributed by atoms with Crippen molar-refractivity contribution in [2.24, 2.45) is 0 Å². The Balaban J connectivity index is 1.76. The molecule has 0 saturated carbocycles. The average molecular weight is 257 g/mol. The molecule has 100 valence electrons. The van der Waals surface area contributed by atoms with E-state index in [1.807, 2.05) is 18.2 Å². The highest BCUT2D eigenvalue weighted by atomic mass is 15.3. The van der Waals surface area contributed by atoms with Gasteiger partial charge >= 0.3 is 0 Å². The summed E-state index contributed by atoms with van der Waals surface area (Å²) in [6, 6.07) is 10.3. The van der Waals surface area contributed by atoms with Crippen molar-refractivity contribution in [3.05, 3.63) is 42.5 Å². The molecule has 0 unspecified atom stereocenters. The minimum absolute atomic E-state index is 0.858. The molecule has 1 aromatic carbocycles. The standard InChI is InChI=1S/C14H19N5/c1-2-5-13(6-3-1)19-12-16-17-14(19)11-18-9-4-7-15-8-10-18/h1-3,5-6,12,15H,4,7-11H2. The van der Waals surface area contributed by atoms with Gasteiger partial charge in [0.15, 0.2) is 5.82 Å². The molecule has 0 atom stereocenters. The fraction of sp³-hybridized carbons (Fsp3) is 0.429. The lowest BCUT2D eigenvalue weighted by Crippen LogP contribution is -2.28. The number of nitrogens with one attached hydrogen (secondary N) is 1. The highest BCUT2D eigenvalue weighted by molar-refractivity contribution is 5.31. The Morgan fingerprint density at radius 1 is 1.11 bits per heavy atom.